The van der Waals surface area contributed by atoms with E-state index in [0.717, 1.165) is 5.56 Å². The maximum absolute atomic E-state index is 9.75. The third kappa shape index (κ3) is 1.48. The zero-order valence-electron chi connectivity index (χ0n) is 5.24. The van der Waals surface area contributed by atoms with E-state index in [4.69, 9.17) is 5.73 Å². The van der Waals surface area contributed by atoms with Crippen LogP contribution in [0.5, 0.6) is 0 Å². The van der Waals surface area contributed by atoms with Gasteiger partial charge in [0.2, 0.25) is 0 Å². The largest absolute Gasteiger partial charge is 0.463 e. The van der Waals surface area contributed by atoms with Crippen molar-refractivity contribution >= 4 is 23.5 Å². The summed E-state index contributed by atoms with van der Waals surface area (Å²) in [5.74, 6) is 0. The van der Waals surface area contributed by atoms with Crippen molar-refractivity contribution < 1.29 is 9.53 Å². The molecule has 10 heavy (non-hydrogen) atoms. The summed E-state index contributed by atoms with van der Waals surface area (Å²) >= 11 is 1.50. The van der Waals surface area contributed by atoms with Crippen LogP contribution in [0.3, 0.4) is 0 Å². The van der Waals surface area contributed by atoms with E-state index in [1.807, 2.05) is 10.8 Å². The summed E-state index contributed by atoms with van der Waals surface area (Å²) < 4.78 is 4.50. The molecule has 1 aromatic heterocycles. The van der Waals surface area contributed by atoms with Gasteiger partial charge in [0.25, 0.3) is 6.47 Å². The van der Waals surface area contributed by atoms with E-state index >= 15 is 0 Å². The normalized spacial score (nSPS) is 9.20. The van der Waals surface area contributed by atoms with E-state index in [0.29, 0.717) is 12.2 Å². The molecule has 3 nitrogen and oxygen atoms in total. The Labute approximate surface area is 62.4 Å². The summed E-state index contributed by atoms with van der Waals surface area (Å²) in [6.45, 7) is 0.690. The van der Waals surface area contributed by atoms with E-state index in [9.17, 15) is 4.79 Å². The Morgan fingerprint density at radius 2 is 2.50 bits per heavy atom. The van der Waals surface area contributed by atoms with Gasteiger partial charge in [-0.1, -0.05) is 0 Å². The molecule has 0 aliphatic rings. The molecule has 0 aliphatic heterocycles. The number of ether oxygens (including phenoxy) is 1. The molecule has 0 aromatic carbocycles. The fraction of sp³-hybridized carbons (Fsp3) is 0.167. The quantitative estimate of drug-likeness (QED) is 0.666. The summed E-state index contributed by atoms with van der Waals surface area (Å²) in [7, 11) is 0. The minimum absolute atomic E-state index is 0.277. The Kier molecular flexibility index (Phi) is 2.28. The number of rotatable bonds is 3. The molecule has 0 aliphatic carbocycles. The Balaban J connectivity index is 2.56. The molecule has 0 fully saturated rings. The third-order valence-electron chi connectivity index (χ3n) is 1.08. The van der Waals surface area contributed by atoms with Gasteiger partial charge < -0.3 is 10.5 Å². The van der Waals surface area contributed by atoms with E-state index < -0.39 is 0 Å². The summed E-state index contributed by atoms with van der Waals surface area (Å²) in [4.78, 5) is 9.75. The molecular formula is C6H7NO2S. The molecule has 0 saturated heterocycles. The second-order valence-electron chi connectivity index (χ2n) is 1.76. The van der Waals surface area contributed by atoms with E-state index in [1.54, 1.807) is 0 Å². The molecule has 0 spiro atoms. The highest BCUT2D eigenvalue weighted by molar-refractivity contribution is 7.08. The number of carbonyl (C=O) groups excluding carboxylic acids is 1. The van der Waals surface area contributed by atoms with Crippen LogP contribution in [0.25, 0.3) is 0 Å². The van der Waals surface area contributed by atoms with E-state index in [2.05, 4.69) is 4.74 Å². The Bertz CT molecular complexity index is 221. The van der Waals surface area contributed by atoms with Crippen LogP contribution in [0.2, 0.25) is 0 Å². The monoisotopic (exact) mass is 157 g/mol. The van der Waals surface area contributed by atoms with Gasteiger partial charge in [-0.05, 0) is 5.38 Å². The molecule has 54 valence electrons. The van der Waals surface area contributed by atoms with Crippen LogP contribution < -0.4 is 5.73 Å². The summed E-state index contributed by atoms with van der Waals surface area (Å²) in [5.41, 5.74) is 7.06. The molecule has 0 bridgehead atoms. The predicted molar refractivity (Wildman–Crippen MR) is 39.6 cm³/mol. The first-order chi connectivity index (χ1) is 4.84. The van der Waals surface area contributed by atoms with Crippen molar-refractivity contribution in [3.63, 3.8) is 0 Å². The standard InChI is InChI=1S/C6H7NO2S/c7-6-3-10-2-5(6)1-9-4-8/h2-4H,1,7H2. The molecule has 0 radical (unpaired) electrons. The van der Waals surface area contributed by atoms with Gasteiger partial charge in [-0.2, -0.15) is 0 Å². The fourth-order valence-corrected chi connectivity index (χ4v) is 1.31. The van der Waals surface area contributed by atoms with Crippen LogP contribution >= 0.6 is 11.3 Å². The van der Waals surface area contributed by atoms with Gasteiger partial charge >= 0.3 is 0 Å². The molecule has 0 amide bonds. The van der Waals surface area contributed by atoms with Gasteiger partial charge in [0.05, 0.1) is 0 Å². The lowest BCUT2D eigenvalue weighted by molar-refractivity contribution is -0.129. The van der Waals surface area contributed by atoms with Crippen LogP contribution in [0.15, 0.2) is 10.8 Å². The van der Waals surface area contributed by atoms with Gasteiger partial charge in [0.15, 0.2) is 0 Å². The van der Waals surface area contributed by atoms with Crippen molar-refractivity contribution in [2.75, 3.05) is 5.73 Å². The number of nitrogen functional groups attached to an aromatic ring is 1. The second kappa shape index (κ2) is 3.22. The SMILES string of the molecule is Nc1cscc1COC=O. The first kappa shape index (κ1) is 7.08. The zero-order valence-corrected chi connectivity index (χ0v) is 6.06. The number of hydrogen-bond acceptors (Lipinski definition) is 4. The number of carbonyl (C=O) groups is 1. The molecular weight excluding hydrogens is 150 g/mol. The number of nitrogens with two attached hydrogens (primary N) is 1. The van der Waals surface area contributed by atoms with Crippen LogP contribution in [-0.2, 0) is 16.1 Å². The summed E-state index contributed by atoms with van der Waals surface area (Å²) in [5, 5.41) is 3.67. The smallest absolute Gasteiger partial charge is 0.293 e. The highest BCUT2D eigenvalue weighted by atomic mass is 32.1. The van der Waals surface area contributed by atoms with Crippen molar-refractivity contribution in [2.24, 2.45) is 0 Å². The average molecular weight is 157 g/mol. The topological polar surface area (TPSA) is 52.3 Å². The first-order valence-electron chi connectivity index (χ1n) is 2.70. The first-order valence-corrected chi connectivity index (χ1v) is 3.64. The maximum Gasteiger partial charge on any atom is 0.293 e. The van der Waals surface area contributed by atoms with Crippen LogP contribution in [-0.4, -0.2) is 6.47 Å². The van der Waals surface area contributed by atoms with Crippen molar-refractivity contribution in [3.05, 3.63) is 16.3 Å². The Morgan fingerprint density at radius 3 is 3.00 bits per heavy atom. The third-order valence-corrected chi connectivity index (χ3v) is 1.89. The Hall–Kier alpha value is -1.03. The lowest BCUT2D eigenvalue weighted by Gasteiger charge is -1.95. The highest BCUT2D eigenvalue weighted by Gasteiger charge is 1.97. The van der Waals surface area contributed by atoms with Crippen LogP contribution in [0.4, 0.5) is 5.69 Å². The molecule has 4 heteroatoms. The molecule has 0 saturated carbocycles. The Morgan fingerprint density at radius 1 is 1.70 bits per heavy atom. The minimum Gasteiger partial charge on any atom is -0.463 e. The lowest BCUT2D eigenvalue weighted by atomic mass is 10.3. The van der Waals surface area contributed by atoms with Gasteiger partial charge in [-0.3, -0.25) is 4.79 Å². The molecule has 1 heterocycles. The van der Waals surface area contributed by atoms with Crippen LogP contribution in [0, 0.1) is 0 Å². The molecule has 1 rings (SSSR count). The zero-order chi connectivity index (χ0) is 7.40. The van der Waals surface area contributed by atoms with Crippen molar-refractivity contribution in [3.8, 4) is 0 Å². The van der Waals surface area contributed by atoms with Gasteiger partial charge in [-0.25, -0.2) is 0 Å². The number of anilines is 1. The fourth-order valence-electron chi connectivity index (χ4n) is 0.574. The van der Waals surface area contributed by atoms with Gasteiger partial charge in [0.1, 0.15) is 6.61 Å². The van der Waals surface area contributed by atoms with Crippen molar-refractivity contribution in [1.82, 2.24) is 0 Å². The van der Waals surface area contributed by atoms with Crippen molar-refractivity contribution in [1.29, 1.82) is 0 Å². The van der Waals surface area contributed by atoms with Crippen molar-refractivity contribution in [2.45, 2.75) is 6.61 Å². The maximum atomic E-state index is 9.75. The molecule has 2 N–H and O–H groups in total. The molecule has 1 aromatic rings. The van der Waals surface area contributed by atoms with Gasteiger partial charge in [-0.15, -0.1) is 11.3 Å². The van der Waals surface area contributed by atoms with E-state index in [1.165, 1.54) is 11.3 Å². The van der Waals surface area contributed by atoms with Crippen LogP contribution in [0.1, 0.15) is 5.56 Å². The summed E-state index contributed by atoms with van der Waals surface area (Å²) in [6.07, 6.45) is 0. The predicted octanol–water partition coefficient (Wildman–Crippen LogP) is 1.00. The number of thiophene rings is 1. The summed E-state index contributed by atoms with van der Waals surface area (Å²) in [6, 6.07) is 0. The van der Waals surface area contributed by atoms with E-state index in [-0.39, 0.29) is 6.61 Å². The van der Waals surface area contributed by atoms with Gasteiger partial charge in [0, 0.05) is 16.6 Å². The highest BCUT2D eigenvalue weighted by Crippen LogP contribution is 2.17. The second-order valence-corrected chi connectivity index (χ2v) is 2.50. The molecule has 0 unspecified atom stereocenters. The molecule has 0 atom stereocenters. The lowest BCUT2D eigenvalue weighted by Crippen LogP contribution is -1.92. The average Bonchev–Trinajstić information content (AvgIpc) is 2.31. The number of hydrogen-bond donors (Lipinski definition) is 1. The minimum atomic E-state index is 0.277.